The van der Waals surface area contributed by atoms with Gasteiger partial charge in [-0.3, -0.25) is 0 Å². The van der Waals surface area contributed by atoms with E-state index in [0.717, 1.165) is 44.3 Å². The Bertz CT molecular complexity index is 1260. The quantitative estimate of drug-likeness (QED) is 0.634. The Kier molecular flexibility index (Phi) is 4.57. The average Bonchev–Trinajstić information content (AvgIpc) is 2.74. The smallest absolute Gasteiger partial charge is 0.336 e. The van der Waals surface area contributed by atoms with Gasteiger partial charge in [0.1, 0.15) is 11.7 Å². The van der Waals surface area contributed by atoms with Crippen molar-refractivity contribution in [1.29, 1.82) is 0 Å². The molecule has 1 N–H and O–H groups in total. The maximum atomic E-state index is 12.0. The highest BCUT2D eigenvalue weighted by Crippen LogP contribution is 2.38. The van der Waals surface area contributed by atoms with Crippen LogP contribution in [-0.2, 0) is 11.2 Å². The number of fused-ring (bicyclic) bond motifs is 2. The van der Waals surface area contributed by atoms with Gasteiger partial charge in [-0.25, -0.2) is 9.59 Å². The third-order valence-corrected chi connectivity index (χ3v) is 5.60. The highest BCUT2D eigenvalue weighted by molar-refractivity contribution is 6.02. The van der Waals surface area contributed by atoms with E-state index in [1.807, 2.05) is 50.1 Å². The molecule has 0 radical (unpaired) electrons. The van der Waals surface area contributed by atoms with Crippen molar-refractivity contribution in [3.05, 3.63) is 75.9 Å². The van der Waals surface area contributed by atoms with Gasteiger partial charge in [-0.2, -0.15) is 0 Å². The van der Waals surface area contributed by atoms with E-state index < -0.39 is 5.97 Å². The van der Waals surface area contributed by atoms with Gasteiger partial charge in [0.05, 0.1) is 12.7 Å². The fourth-order valence-corrected chi connectivity index (χ4v) is 4.09. The third kappa shape index (κ3) is 3.04. The Morgan fingerprint density at radius 1 is 1.07 bits per heavy atom. The molecular weight excluding hydrogens is 364 g/mol. The zero-order valence-electron chi connectivity index (χ0n) is 16.5. The van der Waals surface area contributed by atoms with E-state index in [1.165, 1.54) is 0 Å². The van der Waals surface area contributed by atoms with Crippen LogP contribution in [0.5, 0.6) is 5.75 Å². The topological polar surface area (TPSA) is 63.6 Å². The highest BCUT2D eigenvalue weighted by Gasteiger charge is 2.21. The van der Waals surface area contributed by atoms with Crippen molar-refractivity contribution < 1.29 is 19.4 Å². The fraction of sp³-hybridized carbons (Fsp3) is 0.160. The van der Waals surface area contributed by atoms with E-state index in [9.17, 15) is 14.7 Å². The molecule has 0 spiro atoms. The second-order valence-corrected chi connectivity index (χ2v) is 7.28. The van der Waals surface area contributed by atoms with Gasteiger partial charge in [-0.15, -0.1) is 0 Å². The van der Waals surface area contributed by atoms with Crippen LogP contribution in [-0.4, -0.2) is 24.1 Å². The largest absolute Gasteiger partial charge is 0.496 e. The predicted molar refractivity (Wildman–Crippen MR) is 114 cm³/mol. The number of rotatable bonds is 3. The van der Waals surface area contributed by atoms with Crippen molar-refractivity contribution in [2.75, 3.05) is 7.11 Å². The number of carboxylic acid groups (broad SMARTS) is 1. The zero-order chi connectivity index (χ0) is 20.7. The monoisotopic (exact) mass is 384 g/mol. The number of ether oxygens (including phenoxy) is 1. The molecule has 0 fully saturated rings. The molecule has 0 atom stereocenters. The van der Waals surface area contributed by atoms with Gasteiger partial charge in [0.25, 0.3) is 0 Å². The summed E-state index contributed by atoms with van der Waals surface area (Å²) in [5.74, 6) is 1.80. The van der Waals surface area contributed by atoms with Crippen molar-refractivity contribution in [3.63, 3.8) is 0 Å². The predicted octanol–water partition coefficient (Wildman–Crippen LogP) is 5.16. The molecule has 3 aromatic carbocycles. The Morgan fingerprint density at radius 3 is 2.55 bits per heavy atom. The maximum absolute atomic E-state index is 12.0. The van der Waals surface area contributed by atoms with Gasteiger partial charge in [0.15, 0.2) is 0 Å². The third-order valence-electron chi connectivity index (χ3n) is 5.60. The van der Waals surface area contributed by atoms with Crippen LogP contribution in [0.15, 0.2) is 48.0 Å². The molecule has 144 valence electrons. The average molecular weight is 384 g/mol. The van der Waals surface area contributed by atoms with Crippen LogP contribution in [0.4, 0.5) is 0 Å². The summed E-state index contributed by atoms with van der Waals surface area (Å²) in [6.07, 6.45) is 3.98. The van der Waals surface area contributed by atoms with Crippen LogP contribution in [0.2, 0.25) is 0 Å². The van der Waals surface area contributed by atoms with Crippen LogP contribution >= 0.6 is 0 Å². The number of aryl methyl sites for hydroxylation is 2. The fourth-order valence-electron chi connectivity index (χ4n) is 4.09. The number of benzene rings is 3. The molecule has 0 aromatic heterocycles. The molecule has 0 amide bonds. The molecule has 0 heterocycles. The zero-order valence-corrected chi connectivity index (χ0v) is 16.5. The van der Waals surface area contributed by atoms with E-state index >= 15 is 0 Å². The number of allylic oxidation sites excluding steroid dienone is 2. The molecule has 4 nitrogen and oxygen atoms in total. The van der Waals surface area contributed by atoms with Crippen molar-refractivity contribution >= 4 is 28.8 Å². The van der Waals surface area contributed by atoms with E-state index in [-0.39, 0.29) is 5.56 Å². The van der Waals surface area contributed by atoms with E-state index in [4.69, 9.17) is 4.74 Å². The minimum absolute atomic E-state index is 0.245. The number of carboxylic acids is 1. The molecule has 3 aromatic rings. The lowest BCUT2D eigenvalue weighted by atomic mass is 9.84. The summed E-state index contributed by atoms with van der Waals surface area (Å²) in [4.78, 5) is 23.0. The van der Waals surface area contributed by atoms with Crippen LogP contribution < -0.4 is 4.74 Å². The maximum Gasteiger partial charge on any atom is 0.336 e. The second kappa shape index (κ2) is 7.08. The van der Waals surface area contributed by atoms with Gasteiger partial charge < -0.3 is 9.84 Å². The van der Waals surface area contributed by atoms with E-state index in [2.05, 4.69) is 0 Å². The highest BCUT2D eigenvalue weighted by atomic mass is 16.5. The molecule has 0 saturated carbocycles. The molecule has 0 bridgehead atoms. The first-order valence-electron chi connectivity index (χ1n) is 9.34. The molecule has 29 heavy (non-hydrogen) atoms. The number of hydrogen-bond donors (Lipinski definition) is 1. The number of aromatic carboxylic acids is 1. The Balaban J connectivity index is 2.02. The summed E-state index contributed by atoms with van der Waals surface area (Å²) in [7, 11) is 1.66. The molecule has 4 heteroatoms. The lowest BCUT2D eigenvalue weighted by molar-refractivity contribution is 0.0697. The summed E-state index contributed by atoms with van der Waals surface area (Å²) < 4.78 is 5.47. The first-order valence-corrected chi connectivity index (χ1v) is 9.34. The summed E-state index contributed by atoms with van der Waals surface area (Å²) in [6.45, 7) is 4.04. The van der Waals surface area contributed by atoms with Crippen molar-refractivity contribution in [2.45, 2.75) is 20.3 Å². The molecule has 0 unspecified atom stereocenters. The van der Waals surface area contributed by atoms with Gasteiger partial charge in [-0.05, 0) is 76.7 Å². The van der Waals surface area contributed by atoms with E-state index in [1.54, 1.807) is 25.3 Å². The number of hydrogen-bond acceptors (Lipinski definition) is 3. The Morgan fingerprint density at radius 2 is 1.86 bits per heavy atom. The van der Waals surface area contributed by atoms with Crippen LogP contribution in [0.3, 0.4) is 0 Å². The molecular formula is C25H20O4. The second-order valence-electron chi connectivity index (χ2n) is 7.28. The standard InChI is InChI=1S/C25H20O4/c1-14-10-23(29-3)15(2)19-8-6-18(12-22(14)19)24-20-7-4-16(13-26)11-17(20)5-9-21(24)25(27)28/h4-10,12H,11H2,1-3H3,(H,27,28). The number of carbonyl (C=O) groups is 1. The van der Waals surface area contributed by atoms with Gasteiger partial charge in [0, 0.05) is 17.6 Å². The molecule has 4 rings (SSSR count). The Hall–Kier alpha value is -3.62. The van der Waals surface area contributed by atoms with Crippen molar-refractivity contribution in [1.82, 2.24) is 0 Å². The first kappa shape index (κ1) is 18.7. The summed E-state index contributed by atoms with van der Waals surface area (Å²) in [5.41, 5.74) is 6.19. The minimum atomic E-state index is -0.976. The van der Waals surface area contributed by atoms with Crippen molar-refractivity contribution in [3.8, 4) is 16.9 Å². The van der Waals surface area contributed by atoms with Crippen LogP contribution in [0, 0.1) is 13.8 Å². The summed E-state index contributed by atoms with van der Waals surface area (Å²) in [6, 6.07) is 11.4. The summed E-state index contributed by atoms with van der Waals surface area (Å²) in [5, 5.41) is 11.9. The van der Waals surface area contributed by atoms with Gasteiger partial charge in [0.2, 0.25) is 0 Å². The van der Waals surface area contributed by atoms with Crippen LogP contribution in [0.1, 0.15) is 32.6 Å². The number of carbonyl (C=O) groups excluding carboxylic acids is 1. The lowest BCUT2D eigenvalue weighted by Gasteiger charge is -2.19. The molecule has 1 aliphatic rings. The number of methoxy groups -OCH3 is 1. The van der Waals surface area contributed by atoms with Crippen LogP contribution in [0.25, 0.3) is 28.0 Å². The summed E-state index contributed by atoms with van der Waals surface area (Å²) >= 11 is 0. The van der Waals surface area contributed by atoms with Crippen molar-refractivity contribution in [2.24, 2.45) is 0 Å². The first-order chi connectivity index (χ1) is 13.9. The van der Waals surface area contributed by atoms with E-state index in [0.29, 0.717) is 17.6 Å². The SMILES string of the molecule is COc1cc(C)c2cc(-c3c(C(=O)O)ccc4c3C=CC(=C=O)C4)ccc2c1C. The minimum Gasteiger partial charge on any atom is -0.496 e. The normalized spacial score (nSPS) is 12.6. The molecule has 1 aliphatic carbocycles. The van der Waals surface area contributed by atoms with Gasteiger partial charge in [-0.1, -0.05) is 24.3 Å². The molecule has 0 saturated heterocycles. The molecule has 0 aliphatic heterocycles. The Labute approximate surface area is 168 Å². The lowest BCUT2D eigenvalue weighted by Crippen LogP contribution is -2.07. The van der Waals surface area contributed by atoms with Gasteiger partial charge >= 0.3 is 5.97 Å².